The molecule has 1 aromatic carbocycles. The second-order valence-corrected chi connectivity index (χ2v) is 3.65. The Morgan fingerprint density at radius 1 is 1.33 bits per heavy atom. The Morgan fingerprint density at radius 3 is 2.27 bits per heavy atom. The predicted molar refractivity (Wildman–Crippen MR) is 61.4 cm³/mol. The van der Waals surface area contributed by atoms with Crippen LogP contribution in [0.2, 0.25) is 0 Å². The van der Waals surface area contributed by atoms with Gasteiger partial charge in [-0.15, -0.1) is 0 Å². The molecule has 0 bridgehead atoms. The zero-order valence-electron chi connectivity index (χ0n) is 9.45. The van der Waals surface area contributed by atoms with Crippen molar-refractivity contribution in [1.29, 1.82) is 0 Å². The number of rotatable bonds is 4. The number of aryl methyl sites for hydroxylation is 2. The van der Waals surface area contributed by atoms with Crippen LogP contribution in [-0.4, -0.2) is 24.2 Å². The number of hydrogen-bond acceptors (Lipinski definition) is 2. The van der Waals surface area contributed by atoms with Crippen molar-refractivity contribution in [3.05, 3.63) is 29.3 Å². The third-order valence-corrected chi connectivity index (χ3v) is 2.46. The van der Waals surface area contributed by atoms with E-state index in [9.17, 15) is 4.79 Å². The Balaban J connectivity index is 3.05. The molecule has 0 unspecified atom stereocenters. The van der Waals surface area contributed by atoms with Crippen LogP contribution in [-0.2, 0) is 4.79 Å². The fourth-order valence-corrected chi connectivity index (χ4v) is 1.82. The number of aliphatic carboxylic acids is 1. The van der Waals surface area contributed by atoms with Gasteiger partial charge in [-0.3, -0.25) is 4.79 Å². The second kappa shape index (κ2) is 4.82. The van der Waals surface area contributed by atoms with Crippen LogP contribution < -0.4 is 4.90 Å². The first-order valence-electron chi connectivity index (χ1n) is 5.09. The number of nitrogens with zero attached hydrogens (tertiary/aromatic N) is 1. The Morgan fingerprint density at radius 2 is 1.87 bits per heavy atom. The summed E-state index contributed by atoms with van der Waals surface area (Å²) in [5.74, 6) is -0.792. The molecule has 0 radical (unpaired) electrons. The van der Waals surface area contributed by atoms with E-state index in [1.807, 2.05) is 43.9 Å². The minimum atomic E-state index is -0.792. The van der Waals surface area contributed by atoms with Crippen LogP contribution in [0.15, 0.2) is 18.2 Å². The number of carboxylic acid groups (broad SMARTS) is 1. The highest BCUT2D eigenvalue weighted by Gasteiger charge is 2.12. The van der Waals surface area contributed by atoms with Gasteiger partial charge in [0.2, 0.25) is 0 Å². The number of anilines is 1. The molecule has 0 spiro atoms. The Bertz CT molecular complexity index is 340. The molecule has 1 N–H and O–H groups in total. The maximum atomic E-state index is 10.7. The highest BCUT2D eigenvalue weighted by atomic mass is 16.4. The summed E-state index contributed by atoms with van der Waals surface area (Å²) >= 11 is 0. The highest BCUT2D eigenvalue weighted by molar-refractivity contribution is 5.75. The van der Waals surface area contributed by atoms with Crippen molar-refractivity contribution in [2.75, 3.05) is 18.0 Å². The summed E-state index contributed by atoms with van der Waals surface area (Å²) in [6.07, 6.45) is 0. The average molecular weight is 207 g/mol. The molecule has 0 aliphatic carbocycles. The van der Waals surface area contributed by atoms with Crippen molar-refractivity contribution >= 4 is 11.7 Å². The topological polar surface area (TPSA) is 40.5 Å². The van der Waals surface area contributed by atoms with Crippen LogP contribution >= 0.6 is 0 Å². The molecule has 1 rings (SSSR count). The van der Waals surface area contributed by atoms with Crippen LogP contribution in [0.25, 0.3) is 0 Å². The number of hydrogen-bond donors (Lipinski definition) is 1. The Hall–Kier alpha value is -1.51. The molecular weight excluding hydrogens is 190 g/mol. The average Bonchev–Trinajstić information content (AvgIpc) is 2.15. The molecule has 15 heavy (non-hydrogen) atoms. The summed E-state index contributed by atoms with van der Waals surface area (Å²) in [6.45, 7) is 6.74. The van der Waals surface area contributed by atoms with Gasteiger partial charge in [0.25, 0.3) is 0 Å². The standard InChI is InChI=1S/C12H17NO2/c1-4-13(8-11(14)15)12-9(2)6-5-7-10(12)3/h5-7H,4,8H2,1-3H3,(H,14,15). The van der Waals surface area contributed by atoms with Crippen molar-refractivity contribution in [1.82, 2.24) is 0 Å². The Labute approximate surface area is 90.3 Å². The summed E-state index contributed by atoms with van der Waals surface area (Å²) in [7, 11) is 0. The van der Waals surface area contributed by atoms with Gasteiger partial charge in [0, 0.05) is 12.2 Å². The van der Waals surface area contributed by atoms with E-state index in [0.29, 0.717) is 6.54 Å². The summed E-state index contributed by atoms with van der Waals surface area (Å²) in [5.41, 5.74) is 3.29. The van der Waals surface area contributed by atoms with E-state index in [1.54, 1.807) is 0 Å². The second-order valence-electron chi connectivity index (χ2n) is 3.65. The van der Waals surface area contributed by atoms with Crippen LogP contribution in [0, 0.1) is 13.8 Å². The van der Waals surface area contributed by atoms with E-state index in [4.69, 9.17) is 5.11 Å². The number of carbonyl (C=O) groups is 1. The lowest BCUT2D eigenvalue weighted by Gasteiger charge is -2.24. The molecule has 3 heteroatoms. The molecule has 0 aromatic heterocycles. The van der Waals surface area contributed by atoms with Crippen LogP contribution in [0.4, 0.5) is 5.69 Å². The molecule has 1 aromatic rings. The molecule has 0 saturated heterocycles. The summed E-state index contributed by atoms with van der Waals surface area (Å²) < 4.78 is 0. The molecular formula is C12H17NO2. The third-order valence-electron chi connectivity index (χ3n) is 2.46. The van der Waals surface area contributed by atoms with Gasteiger partial charge in [-0.05, 0) is 31.9 Å². The number of benzene rings is 1. The molecule has 0 aliphatic rings. The van der Waals surface area contributed by atoms with E-state index < -0.39 is 5.97 Å². The summed E-state index contributed by atoms with van der Waals surface area (Å²) in [5, 5.41) is 8.82. The van der Waals surface area contributed by atoms with Crippen LogP contribution in [0.3, 0.4) is 0 Å². The van der Waals surface area contributed by atoms with Gasteiger partial charge in [-0.1, -0.05) is 18.2 Å². The number of para-hydroxylation sites is 1. The minimum Gasteiger partial charge on any atom is -0.480 e. The van der Waals surface area contributed by atoms with Crippen LogP contribution in [0.1, 0.15) is 18.1 Å². The molecule has 0 fully saturated rings. The van der Waals surface area contributed by atoms with E-state index >= 15 is 0 Å². The van der Waals surface area contributed by atoms with Gasteiger partial charge in [-0.2, -0.15) is 0 Å². The molecule has 0 atom stereocenters. The fourth-order valence-electron chi connectivity index (χ4n) is 1.82. The fraction of sp³-hybridized carbons (Fsp3) is 0.417. The van der Waals surface area contributed by atoms with Crippen molar-refractivity contribution in [3.8, 4) is 0 Å². The van der Waals surface area contributed by atoms with Gasteiger partial charge in [0.15, 0.2) is 0 Å². The monoisotopic (exact) mass is 207 g/mol. The van der Waals surface area contributed by atoms with Gasteiger partial charge in [-0.25, -0.2) is 0 Å². The van der Waals surface area contributed by atoms with Crippen molar-refractivity contribution in [2.24, 2.45) is 0 Å². The lowest BCUT2D eigenvalue weighted by molar-refractivity contribution is -0.135. The van der Waals surface area contributed by atoms with Gasteiger partial charge < -0.3 is 10.0 Å². The summed E-state index contributed by atoms with van der Waals surface area (Å²) in [6, 6.07) is 6.00. The third kappa shape index (κ3) is 2.72. The van der Waals surface area contributed by atoms with E-state index in [0.717, 1.165) is 16.8 Å². The van der Waals surface area contributed by atoms with Crippen LogP contribution in [0.5, 0.6) is 0 Å². The van der Waals surface area contributed by atoms with E-state index in [2.05, 4.69) is 0 Å². The molecule has 82 valence electrons. The maximum Gasteiger partial charge on any atom is 0.323 e. The summed E-state index contributed by atoms with van der Waals surface area (Å²) in [4.78, 5) is 12.6. The predicted octanol–water partition coefficient (Wildman–Crippen LogP) is 2.21. The smallest absolute Gasteiger partial charge is 0.323 e. The van der Waals surface area contributed by atoms with E-state index in [-0.39, 0.29) is 6.54 Å². The van der Waals surface area contributed by atoms with Crippen molar-refractivity contribution in [2.45, 2.75) is 20.8 Å². The van der Waals surface area contributed by atoms with Crippen molar-refractivity contribution in [3.63, 3.8) is 0 Å². The molecule has 0 aliphatic heterocycles. The zero-order valence-corrected chi connectivity index (χ0v) is 9.45. The first-order valence-corrected chi connectivity index (χ1v) is 5.09. The largest absolute Gasteiger partial charge is 0.480 e. The first kappa shape index (κ1) is 11.6. The Kier molecular flexibility index (Phi) is 3.72. The lowest BCUT2D eigenvalue weighted by Crippen LogP contribution is -2.30. The molecule has 0 amide bonds. The van der Waals surface area contributed by atoms with Gasteiger partial charge in [0.1, 0.15) is 6.54 Å². The SMILES string of the molecule is CCN(CC(=O)O)c1c(C)cccc1C. The number of carboxylic acids is 1. The number of likely N-dealkylation sites (N-methyl/N-ethyl adjacent to an activating group) is 1. The highest BCUT2D eigenvalue weighted by Crippen LogP contribution is 2.23. The molecule has 3 nitrogen and oxygen atoms in total. The lowest BCUT2D eigenvalue weighted by atomic mass is 10.1. The normalized spacial score (nSPS) is 10.1. The van der Waals surface area contributed by atoms with Crippen molar-refractivity contribution < 1.29 is 9.90 Å². The molecule has 0 saturated carbocycles. The quantitative estimate of drug-likeness (QED) is 0.823. The molecule has 0 heterocycles. The first-order chi connectivity index (χ1) is 7.06. The van der Waals surface area contributed by atoms with Gasteiger partial charge in [0.05, 0.1) is 0 Å². The maximum absolute atomic E-state index is 10.7. The van der Waals surface area contributed by atoms with Gasteiger partial charge >= 0.3 is 5.97 Å². The van der Waals surface area contributed by atoms with E-state index in [1.165, 1.54) is 0 Å². The minimum absolute atomic E-state index is 0.0577. The zero-order chi connectivity index (χ0) is 11.4.